The normalized spacial score (nSPS) is 19.2. The minimum absolute atomic E-state index is 0.485. The smallest absolute Gasteiger partial charge is 0.225 e. The van der Waals surface area contributed by atoms with Gasteiger partial charge in [-0.1, -0.05) is 6.07 Å². The van der Waals surface area contributed by atoms with E-state index in [2.05, 4.69) is 41.8 Å². The molecule has 5 heteroatoms. The van der Waals surface area contributed by atoms with Crippen molar-refractivity contribution in [1.82, 2.24) is 15.0 Å². The molecular weight excluding hydrogens is 292 g/mol. The standard InChI is InChI=1S/C13H13BrN4/c14-11-7-16-13(17-8-11)18-6-4-10(9-18)12-3-1-2-5-15-12/h1-3,5,7-8,10H,4,6,9H2. The Balaban J connectivity index is 1.74. The fourth-order valence-electron chi connectivity index (χ4n) is 2.27. The third-order valence-electron chi connectivity index (χ3n) is 3.18. The van der Waals surface area contributed by atoms with Gasteiger partial charge in [-0.3, -0.25) is 4.98 Å². The second kappa shape index (κ2) is 5.02. The summed E-state index contributed by atoms with van der Waals surface area (Å²) in [6.45, 7) is 1.93. The number of halogens is 1. The van der Waals surface area contributed by atoms with Crippen molar-refractivity contribution in [3.05, 3.63) is 47.0 Å². The van der Waals surface area contributed by atoms with E-state index in [9.17, 15) is 0 Å². The third-order valence-corrected chi connectivity index (χ3v) is 3.59. The van der Waals surface area contributed by atoms with Gasteiger partial charge in [0.05, 0.1) is 4.47 Å². The second-order valence-electron chi connectivity index (χ2n) is 4.39. The molecule has 0 spiro atoms. The highest BCUT2D eigenvalue weighted by Gasteiger charge is 2.26. The predicted octanol–water partition coefficient (Wildman–Crippen LogP) is 2.63. The molecule has 2 aromatic heterocycles. The van der Waals surface area contributed by atoms with Crippen LogP contribution in [0, 0.1) is 0 Å². The molecule has 1 aliphatic rings. The SMILES string of the molecule is Brc1cnc(N2CCC(c3ccccn3)C2)nc1. The maximum atomic E-state index is 4.43. The van der Waals surface area contributed by atoms with Gasteiger partial charge in [0.2, 0.25) is 5.95 Å². The van der Waals surface area contributed by atoms with E-state index in [-0.39, 0.29) is 0 Å². The van der Waals surface area contributed by atoms with E-state index in [1.807, 2.05) is 18.3 Å². The molecule has 0 N–H and O–H groups in total. The molecule has 3 heterocycles. The molecule has 0 amide bonds. The molecule has 18 heavy (non-hydrogen) atoms. The summed E-state index contributed by atoms with van der Waals surface area (Å²) >= 11 is 3.35. The van der Waals surface area contributed by atoms with Crippen molar-refractivity contribution in [2.45, 2.75) is 12.3 Å². The van der Waals surface area contributed by atoms with Gasteiger partial charge in [0, 0.05) is 43.3 Å². The molecule has 0 aliphatic carbocycles. The number of hydrogen-bond acceptors (Lipinski definition) is 4. The summed E-state index contributed by atoms with van der Waals surface area (Å²) in [5, 5.41) is 0. The maximum Gasteiger partial charge on any atom is 0.225 e. The Morgan fingerprint density at radius 3 is 2.72 bits per heavy atom. The highest BCUT2D eigenvalue weighted by atomic mass is 79.9. The summed E-state index contributed by atoms with van der Waals surface area (Å²) in [6.07, 6.45) is 6.54. The Morgan fingerprint density at radius 2 is 2.00 bits per heavy atom. The van der Waals surface area contributed by atoms with Crippen LogP contribution in [-0.2, 0) is 0 Å². The largest absolute Gasteiger partial charge is 0.340 e. The molecular formula is C13H13BrN4. The summed E-state index contributed by atoms with van der Waals surface area (Å²) in [4.78, 5) is 15.3. The van der Waals surface area contributed by atoms with Crippen molar-refractivity contribution < 1.29 is 0 Å². The zero-order chi connectivity index (χ0) is 12.4. The Bertz CT molecular complexity index is 514. The van der Waals surface area contributed by atoms with Gasteiger partial charge in [-0.05, 0) is 34.5 Å². The fraction of sp³-hybridized carbons (Fsp3) is 0.308. The van der Waals surface area contributed by atoms with Crippen molar-refractivity contribution in [1.29, 1.82) is 0 Å². The maximum absolute atomic E-state index is 4.43. The molecule has 1 saturated heterocycles. The Kier molecular flexibility index (Phi) is 3.23. The van der Waals surface area contributed by atoms with Crippen molar-refractivity contribution in [3.63, 3.8) is 0 Å². The van der Waals surface area contributed by atoms with E-state index in [0.29, 0.717) is 5.92 Å². The molecule has 4 nitrogen and oxygen atoms in total. The molecule has 0 aromatic carbocycles. The summed E-state index contributed by atoms with van der Waals surface area (Å²) in [5.41, 5.74) is 1.16. The minimum Gasteiger partial charge on any atom is -0.340 e. The van der Waals surface area contributed by atoms with Gasteiger partial charge in [0.15, 0.2) is 0 Å². The lowest BCUT2D eigenvalue weighted by Gasteiger charge is -2.15. The van der Waals surface area contributed by atoms with E-state index < -0.39 is 0 Å². The number of rotatable bonds is 2. The van der Waals surface area contributed by atoms with Crippen molar-refractivity contribution in [2.24, 2.45) is 0 Å². The zero-order valence-corrected chi connectivity index (χ0v) is 11.4. The van der Waals surface area contributed by atoms with Gasteiger partial charge in [0.1, 0.15) is 0 Å². The van der Waals surface area contributed by atoms with E-state index in [1.54, 1.807) is 12.4 Å². The molecule has 1 unspecified atom stereocenters. The molecule has 3 rings (SSSR count). The van der Waals surface area contributed by atoms with Gasteiger partial charge < -0.3 is 4.90 Å². The van der Waals surface area contributed by atoms with Gasteiger partial charge >= 0.3 is 0 Å². The van der Waals surface area contributed by atoms with Crippen molar-refractivity contribution >= 4 is 21.9 Å². The molecule has 2 aromatic rings. The van der Waals surface area contributed by atoms with Gasteiger partial charge in [-0.15, -0.1) is 0 Å². The Hall–Kier alpha value is -1.49. The summed E-state index contributed by atoms with van der Waals surface area (Å²) in [6, 6.07) is 6.09. The zero-order valence-electron chi connectivity index (χ0n) is 9.83. The van der Waals surface area contributed by atoms with Crippen LogP contribution in [0.3, 0.4) is 0 Å². The average Bonchev–Trinajstić information content (AvgIpc) is 2.90. The highest BCUT2D eigenvalue weighted by molar-refractivity contribution is 9.10. The number of aromatic nitrogens is 3. The molecule has 92 valence electrons. The third kappa shape index (κ3) is 2.36. The first kappa shape index (κ1) is 11.6. The number of nitrogens with zero attached hydrogens (tertiary/aromatic N) is 4. The van der Waals surface area contributed by atoms with Crippen LogP contribution in [0.2, 0.25) is 0 Å². The highest BCUT2D eigenvalue weighted by Crippen LogP contribution is 2.27. The molecule has 0 radical (unpaired) electrons. The monoisotopic (exact) mass is 304 g/mol. The molecule has 1 atom stereocenters. The van der Waals surface area contributed by atoms with Crippen molar-refractivity contribution in [2.75, 3.05) is 18.0 Å². The Labute approximate surface area is 114 Å². The van der Waals surface area contributed by atoms with Crippen LogP contribution in [0.1, 0.15) is 18.0 Å². The molecule has 0 saturated carbocycles. The molecule has 1 aliphatic heterocycles. The summed E-state index contributed by atoms with van der Waals surface area (Å²) < 4.78 is 0.909. The number of anilines is 1. The summed E-state index contributed by atoms with van der Waals surface area (Å²) in [7, 11) is 0. The van der Waals surface area contributed by atoms with Crippen LogP contribution in [-0.4, -0.2) is 28.0 Å². The lowest BCUT2D eigenvalue weighted by atomic mass is 10.0. The predicted molar refractivity (Wildman–Crippen MR) is 73.5 cm³/mol. The van der Waals surface area contributed by atoms with Gasteiger partial charge in [-0.25, -0.2) is 9.97 Å². The van der Waals surface area contributed by atoms with E-state index >= 15 is 0 Å². The molecule has 0 bridgehead atoms. The van der Waals surface area contributed by atoms with Crippen molar-refractivity contribution in [3.8, 4) is 0 Å². The van der Waals surface area contributed by atoms with Crippen LogP contribution < -0.4 is 4.90 Å². The first-order valence-electron chi connectivity index (χ1n) is 5.96. The lowest BCUT2D eigenvalue weighted by Crippen LogP contribution is -2.21. The quantitative estimate of drug-likeness (QED) is 0.855. The molecule has 1 fully saturated rings. The first-order valence-corrected chi connectivity index (χ1v) is 6.75. The van der Waals surface area contributed by atoms with Crippen LogP contribution in [0.4, 0.5) is 5.95 Å². The van der Waals surface area contributed by atoms with Gasteiger partial charge in [-0.2, -0.15) is 0 Å². The first-order chi connectivity index (χ1) is 8.83. The number of pyridine rings is 1. The lowest BCUT2D eigenvalue weighted by molar-refractivity contribution is 0.742. The van der Waals surface area contributed by atoms with Crippen LogP contribution >= 0.6 is 15.9 Å². The fourth-order valence-corrected chi connectivity index (χ4v) is 2.47. The second-order valence-corrected chi connectivity index (χ2v) is 5.30. The van der Waals surface area contributed by atoms with Gasteiger partial charge in [0.25, 0.3) is 0 Å². The summed E-state index contributed by atoms with van der Waals surface area (Å²) in [5.74, 6) is 1.29. The average molecular weight is 305 g/mol. The van der Waals surface area contributed by atoms with E-state index in [1.165, 1.54) is 0 Å². The number of hydrogen-bond donors (Lipinski definition) is 0. The van der Waals surface area contributed by atoms with E-state index in [0.717, 1.165) is 35.6 Å². The topological polar surface area (TPSA) is 41.9 Å². The Morgan fingerprint density at radius 1 is 1.17 bits per heavy atom. The minimum atomic E-state index is 0.485. The van der Waals surface area contributed by atoms with Crippen LogP contribution in [0.15, 0.2) is 41.3 Å². The van der Waals surface area contributed by atoms with E-state index in [4.69, 9.17) is 0 Å². The van der Waals surface area contributed by atoms with Crippen LogP contribution in [0.25, 0.3) is 0 Å². The van der Waals surface area contributed by atoms with Crippen LogP contribution in [0.5, 0.6) is 0 Å².